The number of aryl methyl sites for hydroxylation is 1. The molecule has 1 aromatic heterocycles. The van der Waals surface area contributed by atoms with Crippen LogP contribution in [0.3, 0.4) is 0 Å². The highest BCUT2D eigenvalue weighted by molar-refractivity contribution is 5.97. The zero-order valence-corrected chi connectivity index (χ0v) is 15.5. The molecule has 0 spiro atoms. The summed E-state index contributed by atoms with van der Waals surface area (Å²) in [5.74, 6) is 0.383. The lowest BCUT2D eigenvalue weighted by Gasteiger charge is -2.18. The highest BCUT2D eigenvalue weighted by atomic mass is 16.5. The number of anilines is 1. The number of nitrogens with two attached hydrogens (primary N) is 1. The second kappa shape index (κ2) is 9.35. The van der Waals surface area contributed by atoms with Crippen molar-refractivity contribution in [2.24, 2.45) is 11.7 Å². The summed E-state index contributed by atoms with van der Waals surface area (Å²) >= 11 is 0. The molecule has 8 heteroatoms. The summed E-state index contributed by atoms with van der Waals surface area (Å²) in [7, 11) is 0. The fraction of sp³-hybridized carbons (Fsp3) is 0.667. The van der Waals surface area contributed by atoms with Gasteiger partial charge in [-0.1, -0.05) is 30.8 Å². The molecule has 1 saturated carbocycles. The summed E-state index contributed by atoms with van der Waals surface area (Å²) in [6.07, 6.45) is 6.17. The SMILES string of the molecule is Cc1onc(NC(=O)C(CCC(N)=O)NC(=O)CCC2CCCC2)c1C. The maximum absolute atomic E-state index is 12.5. The first-order valence-electron chi connectivity index (χ1n) is 9.18. The van der Waals surface area contributed by atoms with E-state index < -0.39 is 17.9 Å². The molecule has 0 aliphatic heterocycles. The lowest BCUT2D eigenvalue weighted by molar-refractivity contribution is -0.127. The Labute approximate surface area is 153 Å². The first-order valence-corrected chi connectivity index (χ1v) is 9.18. The third-order valence-corrected chi connectivity index (χ3v) is 4.98. The number of hydrogen-bond acceptors (Lipinski definition) is 5. The summed E-state index contributed by atoms with van der Waals surface area (Å²) in [5.41, 5.74) is 5.90. The number of hydrogen-bond donors (Lipinski definition) is 3. The minimum atomic E-state index is -0.838. The van der Waals surface area contributed by atoms with E-state index in [4.69, 9.17) is 10.3 Å². The van der Waals surface area contributed by atoms with Crippen LogP contribution in [0.15, 0.2) is 4.52 Å². The monoisotopic (exact) mass is 364 g/mol. The van der Waals surface area contributed by atoms with Crippen LogP contribution >= 0.6 is 0 Å². The minimum Gasteiger partial charge on any atom is -0.370 e. The van der Waals surface area contributed by atoms with E-state index in [1.807, 2.05) is 0 Å². The third kappa shape index (κ3) is 5.86. The normalized spacial score (nSPS) is 15.6. The van der Waals surface area contributed by atoms with Crippen molar-refractivity contribution >= 4 is 23.5 Å². The number of nitrogens with zero attached hydrogens (tertiary/aromatic N) is 1. The fourth-order valence-corrected chi connectivity index (χ4v) is 3.19. The van der Waals surface area contributed by atoms with Crippen LogP contribution in [-0.2, 0) is 14.4 Å². The van der Waals surface area contributed by atoms with Crippen molar-refractivity contribution in [2.45, 2.75) is 71.3 Å². The van der Waals surface area contributed by atoms with Crippen LogP contribution in [0.1, 0.15) is 62.7 Å². The molecule has 1 aliphatic carbocycles. The standard InChI is InChI=1S/C18H28N4O4/c1-11-12(2)26-22-17(11)21-18(25)14(8-9-15(19)23)20-16(24)10-7-13-5-3-4-6-13/h13-14H,3-10H2,1-2H3,(H2,19,23)(H,20,24)(H,21,22,25). The van der Waals surface area contributed by atoms with E-state index in [0.717, 1.165) is 12.0 Å². The number of carbonyl (C=O) groups excluding carboxylic acids is 3. The zero-order valence-electron chi connectivity index (χ0n) is 15.5. The highest BCUT2D eigenvalue weighted by Gasteiger charge is 2.24. The molecule has 1 aliphatic rings. The zero-order chi connectivity index (χ0) is 19.1. The van der Waals surface area contributed by atoms with E-state index in [9.17, 15) is 14.4 Å². The number of aromatic nitrogens is 1. The average Bonchev–Trinajstić information content (AvgIpc) is 3.22. The fourth-order valence-electron chi connectivity index (χ4n) is 3.19. The molecule has 144 valence electrons. The molecule has 1 aromatic rings. The van der Waals surface area contributed by atoms with Gasteiger partial charge in [0.05, 0.1) is 0 Å². The summed E-state index contributed by atoms with van der Waals surface area (Å²) in [5, 5.41) is 9.16. The Morgan fingerprint density at radius 2 is 1.92 bits per heavy atom. The largest absolute Gasteiger partial charge is 0.370 e. The van der Waals surface area contributed by atoms with Crippen LogP contribution in [0.2, 0.25) is 0 Å². The van der Waals surface area contributed by atoms with Crippen LogP contribution < -0.4 is 16.4 Å². The van der Waals surface area contributed by atoms with Gasteiger partial charge in [-0.25, -0.2) is 0 Å². The van der Waals surface area contributed by atoms with Gasteiger partial charge < -0.3 is 20.9 Å². The summed E-state index contributed by atoms with van der Waals surface area (Å²) in [4.78, 5) is 35.8. The summed E-state index contributed by atoms with van der Waals surface area (Å²) < 4.78 is 5.02. The Morgan fingerprint density at radius 1 is 1.23 bits per heavy atom. The number of nitrogens with one attached hydrogen (secondary N) is 2. The van der Waals surface area contributed by atoms with Crippen molar-refractivity contribution in [3.63, 3.8) is 0 Å². The average molecular weight is 364 g/mol. The predicted molar refractivity (Wildman–Crippen MR) is 96.2 cm³/mol. The highest BCUT2D eigenvalue weighted by Crippen LogP contribution is 2.28. The van der Waals surface area contributed by atoms with Crippen molar-refractivity contribution in [1.29, 1.82) is 0 Å². The molecule has 0 aromatic carbocycles. The van der Waals surface area contributed by atoms with Crippen LogP contribution in [0.5, 0.6) is 0 Å². The van der Waals surface area contributed by atoms with Gasteiger partial charge in [0.15, 0.2) is 5.82 Å². The van der Waals surface area contributed by atoms with E-state index in [-0.39, 0.29) is 18.7 Å². The lowest BCUT2D eigenvalue weighted by Crippen LogP contribution is -2.44. The predicted octanol–water partition coefficient (Wildman–Crippen LogP) is 1.95. The van der Waals surface area contributed by atoms with Crippen LogP contribution in [0, 0.1) is 19.8 Å². The minimum absolute atomic E-state index is 0.0117. The van der Waals surface area contributed by atoms with Gasteiger partial charge in [0, 0.05) is 18.4 Å². The van der Waals surface area contributed by atoms with Gasteiger partial charge in [0.25, 0.3) is 0 Å². The number of primary amides is 1. The van der Waals surface area contributed by atoms with Gasteiger partial charge >= 0.3 is 0 Å². The Morgan fingerprint density at radius 3 is 2.50 bits per heavy atom. The van der Waals surface area contributed by atoms with Crippen molar-refractivity contribution in [1.82, 2.24) is 10.5 Å². The number of carbonyl (C=O) groups is 3. The van der Waals surface area contributed by atoms with Gasteiger partial charge in [-0.15, -0.1) is 0 Å². The quantitative estimate of drug-likeness (QED) is 0.617. The molecule has 1 heterocycles. The maximum atomic E-state index is 12.5. The third-order valence-electron chi connectivity index (χ3n) is 4.98. The van der Waals surface area contributed by atoms with Gasteiger partial charge in [-0.05, 0) is 32.6 Å². The Bertz CT molecular complexity index is 650. The van der Waals surface area contributed by atoms with E-state index in [1.54, 1.807) is 13.8 Å². The Hall–Kier alpha value is -2.38. The van der Waals surface area contributed by atoms with Gasteiger partial charge in [-0.2, -0.15) is 0 Å². The van der Waals surface area contributed by atoms with Gasteiger partial charge in [-0.3, -0.25) is 14.4 Å². The maximum Gasteiger partial charge on any atom is 0.248 e. The number of amides is 3. The molecule has 1 atom stereocenters. The molecule has 4 N–H and O–H groups in total. The molecule has 8 nitrogen and oxygen atoms in total. The first-order chi connectivity index (χ1) is 12.4. The van der Waals surface area contributed by atoms with Crippen molar-refractivity contribution < 1.29 is 18.9 Å². The molecular formula is C18H28N4O4. The van der Waals surface area contributed by atoms with E-state index in [2.05, 4.69) is 15.8 Å². The topological polar surface area (TPSA) is 127 Å². The molecule has 1 fully saturated rings. The Balaban J connectivity index is 1.92. The summed E-state index contributed by atoms with van der Waals surface area (Å²) in [6, 6.07) is -0.838. The van der Waals surface area contributed by atoms with Crippen molar-refractivity contribution in [3.8, 4) is 0 Å². The molecule has 0 radical (unpaired) electrons. The van der Waals surface area contributed by atoms with Gasteiger partial charge in [0.1, 0.15) is 11.8 Å². The van der Waals surface area contributed by atoms with Crippen LogP contribution in [-0.4, -0.2) is 28.9 Å². The van der Waals surface area contributed by atoms with Crippen molar-refractivity contribution in [2.75, 3.05) is 5.32 Å². The molecular weight excluding hydrogens is 336 g/mol. The molecule has 1 unspecified atom stereocenters. The van der Waals surface area contributed by atoms with Crippen LogP contribution in [0.25, 0.3) is 0 Å². The van der Waals surface area contributed by atoms with E-state index >= 15 is 0 Å². The van der Waals surface area contributed by atoms with E-state index in [0.29, 0.717) is 23.9 Å². The first kappa shape index (κ1) is 19.9. The van der Waals surface area contributed by atoms with Crippen molar-refractivity contribution in [3.05, 3.63) is 11.3 Å². The van der Waals surface area contributed by atoms with Gasteiger partial charge in [0.2, 0.25) is 17.7 Å². The molecule has 0 bridgehead atoms. The second-order valence-corrected chi connectivity index (χ2v) is 7.02. The lowest BCUT2D eigenvalue weighted by atomic mass is 10.0. The number of rotatable bonds is 9. The van der Waals surface area contributed by atoms with E-state index in [1.165, 1.54) is 25.7 Å². The second-order valence-electron chi connectivity index (χ2n) is 7.02. The smallest absolute Gasteiger partial charge is 0.248 e. The Kier molecular flexibility index (Phi) is 7.17. The van der Waals surface area contributed by atoms with Crippen LogP contribution in [0.4, 0.5) is 5.82 Å². The molecule has 3 amide bonds. The molecule has 0 saturated heterocycles. The summed E-state index contributed by atoms with van der Waals surface area (Å²) in [6.45, 7) is 3.52. The molecule has 2 rings (SSSR count). The molecule has 26 heavy (non-hydrogen) atoms.